The van der Waals surface area contributed by atoms with Crippen molar-refractivity contribution in [3.05, 3.63) is 0 Å². The summed E-state index contributed by atoms with van der Waals surface area (Å²) >= 11 is 0. The van der Waals surface area contributed by atoms with E-state index in [0.717, 1.165) is 32.7 Å². The smallest absolute Gasteiger partial charge is 0.0257 e. The molecule has 2 N–H and O–H groups in total. The van der Waals surface area contributed by atoms with Crippen LogP contribution in [0.4, 0.5) is 0 Å². The van der Waals surface area contributed by atoms with Gasteiger partial charge < -0.3 is 4.90 Å². The first kappa shape index (κ1) is 10.9. The lowest BCUT2D eigenvalue weighted by molar-refractivity contribution is 0.139. The van der Waals surface area contributed by atoms with Gasteiger partial charge >= 0.3 is 0 Å². The SMILES string of the molecule is CC.CCN1CCN(N)CC1. The van der Waals surface area contributed by atoms with Crippen molar-refractivity contribution >= 4 is 0 Å². The minimum atomic E-state index is 1.02. The molecular weight excluding hydrogens is 138 g/mol. The monoisotopic (exact) mass is 159 g/mol. The number of nitrogens with two attached hydrogens (primary N) is 1. The molecular formula is C8H21N3. The molecule has 0 saturated carbocycles. The van der Waals surface area contributed by atoms with Crippen LogP contribution in [-0.2, 0) is 0 Å². The molecule has 1 rings (SSSR count). The number of piperazine rings is 1. The highest BCUT2D eigenvalue weighted by Crippen LogP contribution is 1.94. The van der Waals surface area contributed by atoms with Crippen LogP contribution in [-0.4, -0.2) is 42.6 Å². The first-order valence-corrected chi connectivity index (χ1v) is 4.55. The van der Waals surface area contributed by atoms with Crippen LogP contribution in [0, 0.1) is 0 Å². The van der Waals surface area contributed by atoms with E-state index in [9.17, 15) is 0 Å². The van der Waals surface area contributed by atoms with Crippen LogP contribution in [0.15, 0.2) is 0 Å². The van der Waals surface area contributed by atoms with Crippen molar-refractivity contribution in [3.63, 3.8) is 0 Å². The van der Waals surface area contributed by atoms with E-state index in [0.29, 0.717) is 0 Å². The van der Waals surface area contributed by atoms with Crippen LogP contribution in [0.5, 0.6) is 0 Å². The summed E-state index contributed by atoms with van der Waals surface area (Å²) in [5.74, 6) is 5.56. The summed E-state index contributed by atoms with van der Waals surface area (Å²) < 4.78 is 0. The van der Waals surface area contributed by atoms with E-state index in [2.05, 4.69) is 11.8 Å². The molecule has 3 nitrogen and oxygen atoms in total. The molecule has 0 unspecified atom stereocenters. The highest BCUT2D eigenvalue weighted by Gasteiger charge is 2.10. The fourth-order valence-electron chi connectivity index (χ4n) is 1.08. The molecule has 0 aromatic rings. The first-order valence-electron chi connectivity index (χ1n) is 4.55. The van der Waals surface area contributed by atoms with Gasteiger partial charge in [0.1, 0.15) is 0 Å². The van der Waals surface area contributed by atoms with Crippen molar-refractivity contribution in [2.45, 2.75) is 20.8 Å². The van der Waals surface area contributed by atoms with Crippen LogP contribution in [0.25, 0.3) is 0 Å². The van der Waals surface area contributed by atoms with Crippen molar-refractivity contribution in [3.8, 4) is 0 Å². The summed E-state index contributed by atoms with van der Waals surface area (Å²) in [6.07, 6.45) is 0. The Balaban J connectivity index is 0.000000461. The zero-order valence-electron chi connectivity index (χ0n) is 8.01. The Morgan fingerprint density at radius 3 is 1.91 bits per heavy atom. The van der Waals surface area contributed by atoms with Gasteiger partial charge in [-0.2, -0.15) is 0 Å². The second-order valence-corrected chi connectivity index (χ2v) is 2.47. The molecule has 1 aliphatic heterocycles. The predicted octanol–water partition coefficient (Wildman–Crippen LogP) is 0.524. The minimum Gasteiger partial charge on any atom is -0.301 e. The molecule has 3 heteroatoms. The summed E-state index contributed by atoms with van der Waals surface area (Å²) in [5.41, 5.74) is 0. The van der Waals surface area contributed by atoms with Gasteiger partial charge in [-0.15, -0.1) is 0 Å². The maximum Gasteiger partial charge on any atom is 0.0257 e. The van der Waals surface area contributed by atoms with E-state index >= 15 is 0 Å². The highest BCUT2D eigenvalue weighted by atomic mass is 15.4. The molecule has 1 saturated heterocycles. The van der Waals surface area contributed by atoms with E-state index in [1.165, 1.54) is 0 Å². The topological polar surface area (TPSA) is 32.5 Å². The summed E-state index contributed by atoms with van der Waals surface area (Å²) in [6.45, 7) is 11.7. The van der Waals surface area contributed by atoms with E-state index in [-0.39, 0.29) is 0 Å². The molecule has 1 aliphatic rings. The molecule has 0 bridgehead atoms. The minimum absolute atomic E-state index is 1.02. The molecule has 11 heavy (non-hydrogen) atoms. The van der Waals surface area contributed by atoms with Gasteiger partial charge in [-0.25, -0.2) is 5.01 Å². The molecule has 1 fully saturated rings. The summed E-state index contributed by atoms with van der Waals surface area (Å²) in [4.78, 5) is 2.41. The van der Waals surface area contributed by atoms with Crippen LogP contribution in [0.1, 0.15) is 20.8 Å². The number of hydrogen-bond donors (Lipinski definition) is 1. The molecule has 0 aromatic heterocycles. The second kappa shape index (κ2) is 6.58. The third-order valence-electron chi connectivity index (χ3n) is 1.85. The van der Waals surface area contributed by atoms with Crippen molar-refractivity contribution in [1.82, 2.24) is 9.91 Å². The third-order valence-corrected chi connectivity index (χ3v) is 1.85. The van der Waals surface area contributed by atoms with Gasteiger partial charge in [-0.3, -0.25) is 5.84 Å². The Labute approximate surface area is 70.1 Å². The number of rotatable bonds is 1. The lowest BCUT2D eigenvalue weighted by atomic mass is 10.3. The van der Waals surface area contributed by atoms with Gasteiger partial charge in [-0.05, 0) is 6.54 Å². The quantitative estimate of drug-likeness (QED) is 0.566. The van der Waals surface area contributed by atoms with E-state index < -0.39 is 0 Å². The van der Waals surface area contributed by atoms with Crippen LogP contribution < -0.4 is 5.84 Å². The van der Waals surface area contributed by atoms with Gasteiger partial charge in [0.25, 0.3) is 0 Å². The predicted molar refractivity (Wildman–Crippen MR) is 49.2 cm³/mol. The Bertz CT molecular complexity index is 77.4. The lowest BCUT2D eigenvalue weighted by Gasteiger charge is -2.30. The number of likely N-dealkylation sites (N-methyl/N-ethyl adjacent to an activating group) is 1. The molecule has 0 radical (unpaired) electrons. The fourth-order valence-corrected chi connectivity index (χ4v) is 1.08. The average molecular weight is 159 g/mol. The summed E-state index contributed by atoms with van der Waals surface area (Å²) in [7, 11) is 0. The Morgan fingerprint density at radius 1 is 1.09 bits per heavy atom. The molecule has 0 aliphatic carbocycles. The van der Waals surface area contributed by atoms with Gasteiger partial charge in [-0.1, -0.05) is 20.8 Å². The maximum atomic E-state index is 5.56. The Kier molecular flexibility index (Phi) is 6.51. The fraction of sp³-hybridized carbons (Fsp3) is 1.00. The average Bonchev–Trinajstić information content (AvgIpc) is 2.10. The van der Waals surface area contributed by atoms with Crippen LogP contribution in [0.2, 0.25) is 0 Å². The van der Waals surface area contributed by atoms with Gasteiger partial charge in [0.2, 0.25) is 0 Å². The molecule has 0 amide bonds. The van der Waals surface area contributed by atoms with Crippen LogP contribution in [0.3, 0.4) is 0 Å². The zero-order valence-corrected chi connectivity index (χ0v) is 8.01. The normalized spacial score (nSPS) is 20.7. The molecule has 0 atom stereocenters. The zero-order chi connectivity index (χ0) is 8.69. The highest BCUT2D eigenvalue weighted by molar-refractivity contribution is 4.65. The van der Waals surface area contributed by atoms with Crippen molar-refractivity contribution in [2.24, 2.45) is 5.84 Å². The van der Waals surface area contributed by atoms with E-state index in [1.54, 1.807) is 0 Å². The van der Waals surface area contributed by atoms with Crippen molar-refractivity contribution in [2.75, 3.05) is 32.7 Å². The number of hydrazine groups is 1. The van der Waals surface area contributed by atoms with E-state index in [1.807, 2.05) is 18.9 Å². The van der Waals surface area contributed by atoms with Gasteiger partial charge in [0.15, 0.2) is 0 Å². The van der Waals surface area contributed by atoms with Crippen LogP contribution >= 0.6 is 0 Å². The van der Waals surface area contributed by atoms with Crippen molar-refractivity contribution in [1.29, 1.82) is 0 Å². The van der Waals surface area contributed by atoms with Gasteiger partial charge in [0.05, 0.1) is 0 Å². The second-order valence-electron chi connectivity index (χ2n) is 2.47. The molecule has 68 valence electrons. The standard InChI is InChI=1S/C6H15N3.C2H6/c1-2-8-3-5-9(7)6-4-8;1-2/h2-7H2,1H3;1-2H3. The Hall–Kier alpha value is -0.120. The van der Waals surface area contributed by atoms with E-state index in [4.69, 9.17) is 5.84 Å². The number of hydrogen-bond acceptors (Lipinski definition) is 3. The number of nitrogens with zero attached hydrogens (tertiary/aromatic N) is 2. The lowest BCUT2D eigenvalue weighted by Crippen LogP contribution is -2.49. The summed E-state index contributed by atoms with van der Waals surface area (Å²) in [5, 5.41) is 1.88. The van der Waals surface area contributed by atoms with Gasteiger partial charge in [0, 0.05) is 26.2 Å². The summed E-state index contributed by atoms with van der Waals surface area (Å²) in [6, 6.07) is 0. The van der Waals surface area contributed by atoms with Crippen molar-refractivity contribution < 1.29 is 0 Å². The molecule has 1 heterocycles. The first-order chi connectivity index (χ1) is 5.33. The third kappa shape index (κ3) is 4.35. The molecule has 0 spiro atoms. The maximum absolute atomic E-state index is 5.56. The largest absolute Gasteiger partial charge is 0.301 e. The Morgan fingerprint density at radius 2 is 1.55 bits per heavy atom. The molecule has 0 aromatic carbocycles.